The van der Waals surface area contributed by atoms with E-state index in [-0.39, 0.29) is 18.3 Å². The highest BCUT2D eigenvalue weighted by Gasteiger charge is 2.40. The first-order valence-corrected chi connectivity index (χ1v) is 7.32. The van der Waals surface area contributed by atoms with Crippen molar-refractivity contribution in [1.29, 1.82) is 0 Å². The monoisotopic (exact) mass is 333 g/mol. The van der Waals surface area contributed by atoms with Gasteiger partial charge in [0.05, 0.1) is 6.04 Å². The Bertz CT molecular complexity index is 759. The standard InChI is InChI=1S/C16H16FN3O4/c1-9-7-12(19-24-9)18-16(22)15-14(20(2)13(21)8-23-15)10-3-5-11(17)6-4-10/h3-7,14-15H,8H2,1-2H3,(H,18,19,22)/t14-,15+/m0/s1. The number of benzene rings is 1. The predicted molar refractivity (Wildman–Crippen MR) is 81.5 cm³/mol. The zero-order chi connectivity index (χ0) is 17.3. The molecule has 1 saturated heterocycles. The van der Waals surface area contributed by atoms with Gasteiger partial charge in [-0.1, -0.05) is 17.3 Å². The van der Waals surface area contributed by atoms with E-state index >= 15 is 0 Å². The van der Waals surface area contributed by atoms with Crippen LogP contribution in [0.3, 0.4) is 0 Å². The highest BCUT2D eigenvalue weighted by atomic mass is 19.1. The third kappa shape index (κ3) is 3.13. The first-order chi connectivity index (χ1) is 11.5. The zero-order valence-electron chi connectivity index (χ0n) is 13.2. The molecule has 1 fully saturated rings. The number of likely N-dealkylation sites (N-methyl/N-ethyl adjacent to an activating group) is 1. The van der Waals surface area contributed by atoms with Crippen molar-refractivity contribution in [3.05, 3.63) is 47.5 Å². The Balaban J connectivity index is 1.86. The molecule has 2 aromatic rings. The lowest BCUT2D eigenvalue weighted by molar-refractivity contribution is -0.160. The molecule has 1 N–H and O–H groups in total. The van der Waals surface area contributed by atoms with E-state index in [9.17, 15) is 14.0 Å². The molecule has 0 unspecified atom stereocenters. The third-order valence-electron chi connectivity index (χ3n) is 3.83. The first-order valence-electron chi connectivity index (χ1n) is 7.32. The van der Waals surface area contributed by atoms with Crippen LogP contribution in [0.4, 0.5) is 10.2 Å². The second kappa shape index (κ2) is 6.40. The quantitative estimate of drug-likeness (QED) is 0.923. The van der Waals surface area contributed by atoms with Gasteiger partial charge in [-0.05, 0) is 24.6 Å². The summed E-state index contributed by atoms with van der Waals surface area (Å²) in [5.41, 5.74) is 0.600. The lowest BCUT2D eigenvalue weighted by Crippen LogP contribution is -2.51. The average Bonchev–Trinajstić information content (AvgIpc) is 2.96. The lowest BCUT2D eigenvalue weighted by Gasteiger charge is -2.38. The molecule has 126 valence electrons. The number of halogens is 1. The number of aryl methyl sites for hydroxylation is 1. The second-order valence-corrected chi connectivity index (χ2v) is 5.54. The van der Waals surface area contributed by atoms with Crippen molar-refractivity contribution in [3.63, 3.8) is 0 Å². The summed E-state index contributed by atoms with van der Waals surface area (Å²) in [5, 5.41) is 6.30. The predicted octanol–water partition coefficient (Wildman–Crippen LogP) is 1.66. The average molecular weight is 333 g/mol. The summed E-state index contributed by atoms with van der Waals surface area (Å²) in [4.78, 5) is 25.9. The zero-order valence-corrected chi connectivity index (χ0v) is 13.2. The van der Waals surface area contributed by atoms with Crippen LogP contribution in [0.2, 0.25) is 0 Å². The number of ether oxygens (including phenoxy) is 1. The molecule has 2 heterocycles. The van der Waals surface area contributed by atoms with Gasteiger partial charge in [0.25, 0.3) is 5.91 Å². The van der Waals surface area contributed by atoms with Gasteiger partial charge >= 0.3 is 0 Å². The second-order valence-electron chi connectivity index (χ2n) is 5.54. The van der Waals surface area contributed by atoms with E-state index in [0.29, 0.717) is 11.3 Å². The largest absolute Gasteiger partial charge is 0.360 e. The van der Waals surface area contributed by atoms with Gasteiger partial charge < -0.3 is 19.5 Å². The Morgan fingerprint density at radius 2 is 2.08 bits per heavy atom. The van der Waals surface area contributed by atoms with Crippen LogP contribution in [0, 0.1) is 12.7 Å². The van der Waals surface area contributed by atoms with E-state index in [4.69, 9.17) is 9.26 Å². The van der Waals surface area contributed by atoms with E-state index in [1.54, 1.807) is 20.0 Å². The van der Waals surface area contributed by atoms with Gasteiger partial charge in [0.2, 0.25) is 5.91 Å². The number of amides is 2. The number of aromatic nitrogens is 1. The van der Waals surface area contributed by atoms with Gasteiger partial charge in [0.1, 0.15) is 18.2 Å². The topological polar surface area (TPSA) is 84.7 Å². The fourth-order valence-corrected chi connectivity index (χ4v) is 2.61. The van der Waals surface area contributed by atoms with Crippen molar-refractivity contribution in [2.45, 2.75) is 19.1 Å². The minimum absolute atomic E-state index is 0.204. The molecular weight excluding hydrogens is 317 g/mol. The molecule has 1 aliphatic heterocycles. The minimum Gasteiger partial charge on any atom is -0.360 e. The molecule has 1 aromatic carbocycles. The van der Waals surface area contributed by atoms with Gasteiger partial charge in [0, 0.05) is 13.1 Å². The van der Waals surface area contributed by atoms with Crippen molar-refractivity contribution >= 4 is 17.6 Å². The van der Waals surface area contributed by atoms with E-state index < -0.39 is 23.9 Å². The number of carbonyl (C=O) groups excluding carboxylic acids is 2. The summed E-state index contributed by atoms with van der Waals surface area (Å²) in [7, 11) is 1.58. The Morgan fingerprint density at radius 1 is 1.38 bits per heavy atom. The molecule has 1 aromatic heterocycles. The maximum absolute atomic E-state index is 13.2. The molecule has 1 aliphatic rings. The van der Waals surface area contributed by atoms with Crippen LogP contribution < -0.4 is 5.32 Å². The van der Waals surface area contributed by atoms with Crippen LogP contribution in [0.1, 0.15) is 17.4 Å². The normalized spacial score (nSPS) is 21.0. The molecule has 0 saturated carbocycles. The number of anilines is 1. The number of nitrogens with one attached hydrogen (secondary N) is 1. The van der Waals surface area contributed by atoms with Crippen molar-refractivity contribution in [3.8, 4) is 0 Å². The van der Waals surface area contributed by atoms with Crippen LogP contribution in [-0.4, -0.2) is 41.6 Å². The van der Waals surface area contributed by atoms with E-state index in [2.05, 4.69) is 10.5 Å². The summed E-state index contributed by atoms with van der Waals surface area (Å²) in [6, 6.07) is 6.51. The molecule has 2 amide bonds. The highest BCUT2D eigenvalue weighted by molar-refractivity contribution is 5.95. The molecule has 0 radical (unpaired) electrons. The summed E-state index contributed by atoms with van der Waals surface area (Å²) in [6.45, 7) is 1.50. The summed E-state index contributed by atoms with van der Waals surface area (Å²) < 4.78 is 23.5. The Morgan fingerprint density at radius 3 is 2.71 bits per heavy atom. The summed E-state index contributed by atoms with van der Waals surface area (Å²) in [5.74, 6) is -0.304. The smallest absolute Gasteiger partial charge is 0.257 e. The Kier molecular flexibility index (Phi) is 4.30. The summed E-state index contributed by atoms with van der Waals surface area (Å²) >= 11 is 0. The molecule has 0 spiro atoms. The van der Waals surface area contributed by atoms with E-state index in [0.717, 1.165) is 0 Å². The van der Waals surface area contributed by atoms with Crippen LogP contribution >= 0.6 is 0 Å². The fraction of sp³-hybridized carbons (Fsp3) is 0.312. The van der Waals surface area contributed by atoms with Crippen LogP contribution in [0.15, 0.2) is 34.9 Å². The molecule has 7 nitrogen and oxygen atoms in total. The van der Waals surface area contributed by atoms with Gasteiger partial charge in [-0.15, -0.1) is 0 Å². The Hall–Kier alpha value is -2.74. The molecule has 0 aliphatic carbocycles. The maximum atomic E-state index is 13.2. The third-order valence-corrected chi connectivity index (χ3v) is 3.83. The summed E-state index contributed by atoms with van der Waals surface area (Å²) in [6.07, 6.45) is -0.949. The van der Waals surface area contributed by atoms with Crippen LogP contribution in [0.5, 0.6) is 0 Å². The van der Waals surface area contributed by atoms with E-state index in [1.807, 2.05) is 0 Å². The highest BCUT2D eigenvalue weighted by Crippen LogP contribution is 2.30. The number of nitrogens with zero attached hydrogens (tertiary/aromatic N) is 2. The number of hydrogen-bond acceptors (Lipinski definition) is 5. The molecule has 2 atom stereocenters. The number of morpholine rings is 1. The van der Waals surface area contributed by atoms with Crippen molar-refractivity contribution in [2.24, 2.45) is 0 Å². The fourth-order valence-electron chi connectivity index (χ4n) is 2.61. The molecular formula is C16H16FN3O4. The molecule has 24 heavy (non-hydrogen) atoms. The molecule has 3 rings (SSSR count). The number of carbonyl (C=O) groups is 2. The van der Waals surface area contributed by atoms with E-state index in [1.165, 1.54) is 29.2 Å². The van der Waals surface area contributed by atoms with Crippen LogP contribution in [0.25, 0.3) is 0 Å². The number of rotatable bonds is 3. The van der Waals surface area contributed by atoms with Gasteiger partial charge in [0.15, 0.2) is 11.9 Å². The molecule has 0 bridgehead atoms. The van der Waals surface area contributed by atoms with Crippen LogP contribution in [-0.2, 0) is 14.3 Å². The maximum Gasteiger partial charge on any atom is 0.257 e. The van der Waals surface area contributed by atoms with Crippen molar-refractivity contribution < 1.29 is 23.2 Å². The lowest BCUT2D eigenvalue weighted by atomic mass is 9.97. The van der Waals surface area contributed by atoms with Crippen molar-refractivity contribution in [1.82, 2.24) is 10.1 Å². The van der Waals surface area contributed by atoms with Gasteiger partial charge in [-0.2, -0.15) is 0 Å². The first kappa shape index (κ1) is 16.1. The SMILES string of the molecule is Cc1cc(NC(=O)[C@@H]2OCC(=O)N(C)[C@H]2c2ccc(F)cc2)no1. The van der Waals surface area contributed by atoms with Gasteiger partial charge in [-0.25, -0.2) is 4.39 Å². The van der Waals surface area contributed by atoms with Crippen molar-refractivity contribution in [2.75, 3.05) is 19.0 Å². The number of hydrogen-bond donors (Lipinski definition) is 1. The Labute approximate surface area is 137 Å². The molecule has 8 heteroatoms. The van der Waals surface area contributed by atoms with Gasteiger partial charge in [-0.3, -0.25) is 9.59 Å². The minimum atomic E-state index is -0.949.